The predicted molar refractivity (Wildman–Crippen MR) is 95.7 cm³/mol. The molecule has 21 heavy (non-hydrogen) atoms. The Labute approximate surface area is 144 Å². The fourth-order valence-corrected chi connectivity index (χ4v) is 11.0. The Morgan fingerprint density at radius 3 is 2.29 bits per heavy atom. The normalized spacial score (nSPS) is 11.0. The van der Waals surface area contributed by atoms with Crippen LogP contribution in [0.1, 0.15) is 0 Å². The van der Waals surface area contributed by atoms with Crippen LogP contribution in [0.5, 0.6) is 0 Å². The molecule has 0 radical (unpaired) electrons. The summed E-state index contributed by atoms with van der Waals surface area (Å²) in [4.78, 5) is 0. The zero-order chi connectivity index (χ0) is 14.1. The fraction of sp³-hybridized carbons (Fsp3) is 0. The molecule has 2 heterocycles. The Kier molecular flexibility index (Phi) is 4.03. The van der Waals surface area contributed by atoms with Crippen molar-refractivity contribution in [2.75, 3.05) is 0 Å². The Balaban J connectivity index is 1.87. The number of benzene rings is 2. The van der Waals surface area contributed by atoms with E-state index in [1.54, 1.807) is 16.1 Å². The molecule has 0 unspecified atom stereocenters. The van der Waals surface area contributed by atoms with Gasteiger partial charge in [0.15, 0.2) is 0 Å². The third-order valence-electron chi connectivity index (χ3n) is 3.27. The van der Waals surface area contributed by atoms with E-state index in [1.807, 2.05) is 11.3 Å². The molecule has 0 aliphatic carbocycles. The van der Waals surface area contributed by atoms with E-state index in [-0.39, 0.29) is 20.4 Å². The molecule has 4 rings (SSSR count). The van der Waals surface area contributed by atoms with Crippen molar-refractivity contribution in [3.63, 3.8) is 0 Å². The van der Waals surface area contributed by atoms with Crippen LogP contribution in [0.15, 0.2) is 72.1 Å². The van der Waals surface area contributed by atoms with Gasteiger partial charge in [-0.15, -0.1) is 0 Å². The van der Waals surface area contributed by atoms with Crippen LogP contribution in [0.2, 0.25) is 0 Å². The third-order valence-corrected chi connectivity index (χ3v) is 11.6. The van der Waals surface area contributed by atoms with Crippen molar-refractivity contribution in [1.29, 1.82) is 0 Å². The Bertz CT molecular complexity index is 862. The van der Waals surface area contributed by atoms with E-state index in [9.17, 15) is 0 Å². The van der Waals surface area contributed by atoms with Crippen LogP contribution >= 0.6 is 11.3 Å². The number of hydrogen-bond acceptors (Lipinski definition) is 1. The summed E-state index contributed by atoms with van der Waals surface area (Å²) < 4.78 is 6.41. The molecule has 4 aromatic rings. The molecule has 0 fully saturated rings. The van der Waals surface area contributed by atoms with Gasteiger partial charge < -0.3 is 0 Å². The molecule has 102 valence electrons. The van der Waals surface area contributed by atoms with Crippen molar-refractivity contribution in [1.82, 2.24) is 0 Å². The van der Waals surface area contributed by atoms with E-state index in [0.29, 0.717) is 15.0 Å². The monoisotopic (exact) mass is 470 g/mol. The second kappa shape index (κ2) is 6.13. The van der Waals surface area contributed by atoms with Crippen LogP contribution in [0.25, 0.3) is 17.2 Å². The minimum absolute atomic E-state index is 0.211. The molecule has 0 aliphatic rings. The molecule has 0 bridgehead atoms. The summed E-state index contributed by atoms with van der Waals surface area (Å²) in [5.74, 6) is 0. The van der Waals surface area contributed by atoms with Gasteiger partial charge >= 0.3 is 145 Å². The molecule has 3 heteroatoms. The molecule has 0 atom stereocenters. The maximum atomic E-state index is 2.33. The average molecular weight is 467 g/mol. The Morgan fingerprint density at radius 1 is 0.810 bits per heavy atom. The standard InChI is InChI=1S/C18H12SSeTe/c1-3-7-13(8-4-1)17-16(15-11-12-19-18(15)21-17)20-14-9-5-2-6-10-14/h1-12H. The Hall–Kier alpha value is -0.811. The predicted octanol–water partition coefficient (Wildman–Crippen LogP) is 3.28. The second-order valence-corrected chi connectivity index (χ2v) is 11.6. The van der Waals surface area contributed by atoms with E-state index < -0.39 is 0 Å². The van der Waals surface area contributed by atoms with Crippen molar-refractivity contribution < 1.29 is 0 Å². The average Bonchev–Trinajstić information content (AvgIpc) is 3.12. The molecule has 0 amide bonds. The number of thiophene rings is 1. The Morgan fingerprint density at radius 2 is 1.52 bits per heavy atom. The van der Waals surface area contributed by atoms with Gasteiger partial charge in [-0.25, -0.2) is 0 Å². The van der Waals surface area contributed by atoms with Crippen LogP contribution in [-0.2, 0) is 0 Å². The summed E-state index contributed by atoms with van der Waals surface area (Å²) in [7, 11) is 0. The maximum absolute atomic E-state index is 2.33. The topological polar surface area (TPSA) is 0 Å². The van der Waals surface area contributed by atoms with Gasteiger partial charge in [-0.05, 0) is 0 Å². The van der Waals surface area contributed by atoms with Gasteiger partial charge in [-0.3, -0.25) is 0 Å². The van der Waals surface area contributed by atoms with Crippen molar-refractivity contribution >= 4 is 63.8 Å². The van der Waals surface area contributed by atoms with E-state index in [0.717, 1.165) is 0 Å². The van der Waals surface area contributed by atoms with Gasteiger partial charge in [0.25, 0.3) is 0 Å². The zero-order valence-corrected chi connectivity index (χ0v) is 16.0. The first-order valence-electron chi connectivity index (χ1n) is 6.70. The van der Waals surface area contributed by atoms with Crippen LogP contribution in [0.4, 0.5) is 0 Å². The van der Waals surface area contributed by atoms with Crippen LogP contribution in [0, 0.1) is 0 Å². The van der Waals surface area contributed by atoms with Gasteiger partial charge in [0.1, 0.15) is 0 Å². The van der Waals surface area contributed by atoms with Crippen LogP contribution < -0.4 is 8.92 Å². The van der Waals surface area contributed by atoms with Crippen molar-refractivity contribution in [2.24, 2.45) is 0 Å². The van der Waals surface area contributed by atoms with Gasteiger partial charge in [0, 0.05) is 0 Å². The summed E-state index contributed by atoms with van der Waals surface area (Å²) in [5.41, 5.74) is 1.44. The number of rotatable bonds is 3. The first kappa shape index (κ1) is 13.8. The molecular weight excluding hydrogens is 455 g/mol. The molecule has 2 aromatic carbocycles. The van der Waals surface area contributed by atoms with Crippen LogP contribution in [-0.4, -0.2) is 35.4 Å². The van der Waals surface area contributed by atoms with Gasteiger partial charge in [0.2, 0.25) is 0 Å². The van der Waals surface area contributed by atoms with E-state index in [2.05, 4.69) is 72.1 Å². The summed E-state index contributed by atoms with van der Waals surface area (Å²) in [6.45, 7) is 0. The SMILES string of the molecule is c1ccc([Se]c2c(-c3ccccc3)[te]c3sccc23)cc1. The summed E-state index contributed by atoms with van der Waals surface area (Å²) >= 11 is 2.15. The molecule has 0 N–H and O–H groups in total. The van der Waals surface area contributed by atoms with Gasteiger partial charge in [0.05, 0.1) is 0 Å². The van der Waals surface area contributed by atoms with Crippen molar-refractivity contribution in [3.05, 3.63) is 72.1 Å². The quantitative estimate of drug-likeness (QED) is 0.407. The molecule has 0 saturated carbocycles. The van der Waals surface area contributed by atoms with E-state index in [1.165, 1.54) is 10.0 Å². The van der Waals surface area contributed by atoms with E-state index in [4.69, 9.17) is 0 Å². The minimum atomic E-state index is -0.211. The zero-order valence-electron chi connectivity index (χ0n) is 11.2. The van der Waals surface area contributed by atoms with Crippen LogP contribution in [0.3, 0.4) is 0 Å². The molecular formula is C18H12SSeTe. The summed E-state index contributed by atoms with van der Waals surface area (Å²) in [6, 6.07) is 24.3. The number of hydrogen-bond donors (Lipinski definition) is 0. The summed E-state index contributed by atoms with van der Waals surface area (Å²) in [5, 5.41) is 3.81. The van der Waals surface area contributed by atoms with Gasteiger partial charge in [-0.1, -0.05) is 0 Å². The van der Waals surface area contributed by atoms with Gasteiger partial charge in [-0.2, -0.15) is 0 Å². The molecule has 2 aromatic heterocycles. The molecule has 0 aliphatic heterocycles. The second-order valence-electron chi connectivity index (χ2n) is 4.66. The van der Waals surface area contributed by atoms with E-state index >= 15 is 0 Å². The molecule has 0 nitrogen and oxygen atoms in total. The van der Waals surface area contributed by atoms with Crippen molar-refractivity contribution in [3.8, 4) is 9.14 Å². The molecule has 0 saturated heterocycles. The van der Waals surface area contributed by atoms with Crippen molar-refractivity contribution in [2.45, 2.75) is 0 Å². The number of fused-ring (bicyclic) bond motifs is 1. The first-order chi connectivity index (χ1) is 10.4. The summed E-state index contributed by atoms with van der Waals surface area (Å²) in [6.07, 6.45) is 0. The molecule has 0 spiro atoms. The first-order valence-corrected chi connectivity index (χ1v) is 11.6. The third kappa shape index (κ3) is 2.78. The fourth-order valence-electron chi connectivity index (χ4n) is 2.29.